The van der Waals surface area contributed by atoms with Crippen molar-refractivity contribution in [1.82, 2.24) is 20.2 Å². The molecule has 2 aromatic rings. The number of carbonyl (C=O) groups is 3. The summed E-state index contributed by atoms with van der Waals surface area (Å²) in [4.78, 5) is 41.6. The number of rotatable bonds is 2. The van der Waals surface area contributed by atoms with Crippen LogP contribution in [0.15, 0.2) is 30.3 Å². The van der Waals surface area contributed by atoms with E-state index in [0.29, 0.717) is 17.1 Å². The molecule has 2 aliphatic heterocycles. The molecule has 1 spiro atoms. The monoisotopic (exact) mass is 480 g/mol. The van der Waals surface area contributed by atoms with E-state index >= 15 is 0 Å². The van der Waals surface area contributed by atoms with Gasteiger partial charge < -0.3 is 15.1 Å². The molecule has 3 heterocycles. The number of halogens is 3. The third-order valence-electron chi connectivity index (χ3n) is 5.81. The summed E-state index contributed by atoms with van der Waals surface area (Å²) in [5.41, 5.74) is 0.683. The van der Waals surface area contributed by atoms with Crippen LogP contribution in [0.4, 0.5) is 13.2 Å². The second kappa shape index (κ2) is 9.37. The summed E-state index contributed by atoms with van der Waals surface area (Å²) in [6.07, 6.45) is -2.13. The highest BCUT2D eigenvalue weighted by molar-refractivity contribution is 6.27. The Bertz CT molecular complexity index is 1090. The molecule has 4 rings (SSSR count). The molecule has 0 bridgehead atoms. The highest BCUT2D eigenvalue weighted by Gasteiger charge is 2.50. The third kappa shape index (κ3) is 5.33. The molecule has 182 valence electrons. The highest BCUT2D eigenvalue weighted by Crippen LogP contribution is 2.38. The number of aromatic nitrogens is 2. The van der Waals surface area contributed by atoms with Gasteiger partial charge in [-0.3, -0.25) is 10.1 Å². The average Bonchev–Trinajstić information content (AvgIpc) is 3.33. The van der Waals surface area contributed by atoms with Crippen LogP contribution in [-0.2, 0) is 20.6 Å². The predicted molar refractivity (Wildman–Crippen MR) is 113 cm³/mol. The fourth-order valence-electron chi connectivity index (χ4n) is 4.09. The number of carboxylic acid groups (broad SMARTS) is 2. The number of aliphatic carboxylic acids is 2. The van der Waals surface area contributed by atoms with Gasteiger partial charge >= 0.3 is 18.1 Å². The molecule has 1 aromatic heterocycles. The lowest BCUT2D eigenvalue weighted by molar-refractivity contribution is -0.159. The number of carboxylic acids is 2. The van der Waals surface area contributed by atoms with Gasteiger partial charge in [-0.15, -0.1) is 0 Å². The molecule has 1 aromatic carbocycles. The van der Waals surface area contributed by atoms with E-state index in [1.54, 1.807) is 18.0 Å². The molecule has 12 heteroatoms. The first-order chi connectivity index (χ1) is 15.8. The molecule has 2 aliphatic rings. The number of hydrogen-bond acceptors (Lipinski definition) is 6. The van der Waals surface area contributed by atoms with Crippen molar-refractivity contribution >= 4 is 17.8 Å². The van der Waals surface area contributed by atoms with Gasteiger partial charge in [0.25, 0.3) is 0 Å². The summed E-state index contributed by atoms with van der Waals surface area (Å²) in [6, 6.07) is 6.57. The van der Waals surface area contributed by atoms with Crippen LogP contribution in [0.2, 0.25) is 0 Å². The fraction of sp³-hybridized carbons (Fsp3) is 0.409. The van der Waals surface area contributed by atoms with Crippen LogP contribution in [-0.4, -0.2) is 62.1 Å². The highest BCUT2D eigenvalue weighted by atomic mass is 19.4. The molecular weight excluding hydrogens is 457 g/mol. The van der Waals surface area contributed by atoms with Gasteiger partial charge in [0.2, 0.25) is 5.91 Å². The maximum atomic E-state index is 12.8. The van der Waals surface area contributed by atoms with Crippen molar-refractivity contribution in [3.8, 4) is 11.3 Å². The maximum Gasteiger partial charge on any atom is 0.416 e. The summed E-state index contributed by atoms with van der Waals surface area (Å²) < 4.78 is 38.4. The Morgan fingerprint density at radius 1 is 1.12 bits per heavy atom. The Hall–Kier alpha value is -3.54. The smallest absolute Gasteiger partial charge is 0.416 e. The number of alkyl halides is 3. The van der Waals surface area contributed by atoms with Crippen LogP contribution in [0, 0.1) is 6.92 Å². The van der Waals surface area contributed by atoms with Crippen LogP contribution >= 0.6 is 0 Å². The van der Waals surface area contributed by atoms with E-state index in [-0.39, 0.29) is 11.9 Å². The van der Waals surface area contributed by atoms with Crippen molar-refractivity contribution < 1.29 is 37.8 Å². The minimum atomic E-state index is -4.37. The van der Waals surface area contributed by atoms with Gasteiger partial charge in [-0.1, -0.05) is 12.1 Å². The zero-order valence-electron chi connectivity index (χ0n) is 18.4. The Balaban J connectivity index is 0.000000481. The number of likely N-dealkylation sites (tertiary alicyclic amines) is 1. The van der Waals surface area contributed by atoms with E-state index in [4.69, 9.17) is 19.8 Å². The molecule has 2 atom stereocenters. The normalized spacial score (nSPS) is 22.0. The van der Waals surface area contributed by atoms with E-state index in [0.717, 1.165) is 43.6 Å². The summed E-state index contributed by atoms with van der Waals surface area (Å²) in [7, 11) is 1.80. The Morgan fingerprint density at radius 3 is 2.24 bits per heavy atom. The topological polar surface area (TPSA) is 133 Å². The number of benzene rings is 1. The quantitative estimate of drug-likeness (QED) is 0.559. The molecule has 0 saturated carbocycles. The first-order valence-corrected chi connectivity index (χ1v) is 10.3. The minimum Gasteiger partial charge on any atom is -0.473 e. The lowest BCUT2D eigenvalue weighted by Gasteiger charge is -2.23. The summed E-state index contributed by atoms with van der Waals surface area (Å²) in [5.74, 6) is -2.97. The van der Waals surface area contributed by atoms with E-state index < -0.39 is 29.2 Å². The van der Waals surface area contributed by atoms with Crippen molar-refractivity contribution in [2.75, 3.05) is 13.6 Å². The van der Waals surface area contributed by atoms with Gasteiger partial charge in [0.15, 0.2) is 0 Å². The second-order valence-electron chi connectivity index (χ2n) is 8.23. The van der Waals surface area contributed by atoms with Gasteiger partial charge in [0, 0.05) is 24.8 Å². The van der Waals surface area contributed by atoms with E-state index in [2.05, 4.69) is 15.3 Å². The fourth-order valence-corrected chi connectivity index (χ4v) is 4.09. The van der Waals surface area contributed by atoms with Crippen LogP contribution in [0.5, 0.6) is 0 Å². The number of nitrogens with zero attached hydrogens (tertiary/aromatic N) is 3. The number of hydrogen-bond donors (Lipinski definition) is 3. The van der Waals surface area contributed by atoms with Crippen LogP contribution in [0.1, 0.15) is 42.4 Å². The van der Waals surface area contributed by atoms with Crippen LogP contribution in [0.3, 0.4) is 0 Å². The van der Waals surface area contributed by atoms with Gasteiger partial charge in [-0.25, -0.2) is 19.6 Å². The number of carbonyl (C=O) groups excluding carboxylic acids is 1. The van der Waals surface area contributed by atoms with Crippen LogP contribution < -0.4 is 5.32 Å². The standard InChI is InChI=1S/C20H21F3N4O.C2H2O4/c1-12-11-16(13-3-5-14(6-4-13)20(21,22)23)25-17(24-12)15-7-8-19(26-15)9-10-27(2)18(19)28;3-1(4)2(5)6/h3-6,11,15,26H,7-10H2,1-2H3;(H,3,4)(H,5,6)/t15-,19+;/m1./s1. The minimum absolute atomic E-state index is 0.102. The molecule has 0 radical (unpaired) electrons. The Morgan fingerprint density at radius 2 is 1.74 bits per heavy atom. The van der Waals surface area contributed by atoms with Crippen LogP contribution in [0.25, 0.3) is 11.3 Å². The number of likely N-dealkylation sites (N-methyl/N-ethyl adjacent to an activating group) is 1. The van der Waals surface area contributed by atoms with E-state index in [1.165, 1.54) is 12.1 Å². The van der Waals surface area contributed by atoms with Gasteiger partial charge in [0.05, 0.1) is 17.3 Å². The summed E-state index contributed by atoms with van der Waals surface area (Å²) in [5, 5.41) is 18.2. The van der Waals surface area contributed by atoms with Crippen molar-refractivity contribution in [2.45, 2.75) is 43.9 Å². The molecule has 1 amide bonds. The molecular formula is C22H23F3N4O5. The SMILES string of the molecule is Cc1cc(-c2ccc(C(F)(F)F)cc2)nc([C@H]2CC[C@@]3(CCN(C)C3=O)N2)n1.O=C(O)C(=O)O. The van der Waals surface area contributed by atoms with Gasteiger partial charge in [0.1, 0.15) is 11.4 Å². The van der Waals surface area contributed by atoms with E-state index in [9.17, 15) is 18.0 Å². The largest absolute Gasteiger partial charge is 0.473 e. The van der Waals surface area contributed by atoms with Crippen molar-refractivity contribution in [3.63, 3.8) is 0 Å². The van der Waals surface area contributed by atoms with Gasteiger partial charge in [-0.05, 0) is 44.4 Å². The van der Waals surface area contributed by atoms with E-state index in [1.807, 2.05) is 6.92 Å². The molecule has 3 N–H and O–H groups in total. The summed E-state index contributed by atoms with van der Waals surface area (Å²) in [6.45, 7) is 2.56. The number of nitrogens with one attached hydrogen (secondary N) is 1. The maximum absolute atomic E-state index is 12.8. The molecule has 2 fully saturated rings. The van der Waals surface area contributed by atoms with Crippen molar-refractivity contribution in [3.05, 3.63) is 47.4 Å². The van der Waals surface area contributed by atoms with Crippen molar-refractivity contribution in [2.24, 2.45) is 0 Å². The molecule has 34 heavy (non-hydrogen) atoms. The second-order valence-corrected chi connectivity index (χ2v) is 8.23. The number of amides is 1. The zero-order chi connectivity index (χ0) is 25.3. The van der Waals surface area contributed by atoms with Crippen molar-refractivity contribution in [1.29, 1.82) is 0 Å². The lowest BCUT2D eigenvalue weighted by atomic mass is 9.96. The first-order valence-electron chi connectivity index (χ1n) is 10.3. The molecule has 0 unspecified atom stereocenters. The lowest BCUT2D eigenvalue weighted by Crippen LogP contribution is -2.47. The average molecular weight is 480 g/mol. The summed E-state index contributed by atoms with van der Waals surface area (Å²) >= 11 is 0. The van der Waals surface area contributed by atoms with Gasteiger partial charge in [-0.2, -0.15) is 13.2 Å². The number of aryl methyl sites for hydroxylation is 1. The Kier molecular flexibility index (Phi) is 6.92. The predicted octanol–water partition coefficient (Wildman–Crippen LogP) is 2.65. The Labute approximate surface area is 192 Å². The molecule has 2 saturated heterocycles. The molecule has 9 nitrogen and oxygen atoms in total. The molecule has 0 aliphatic carbocycles. The third-order valence-corrected chi connectivity index (χ3v) is 5.81. The zero-order valence-corrected chi connectivity index (χ0v) is 18.4. The first kappa shape index (κ1) is 25.1.